The Labute approximate surface area is 123 Å². The van der Waals surface area contributed by atoms with Crippen molar-refractivity contribution in [3.8, 4) is 11.1 Å². The molecule has 2 aromatic carbocycles. The van der Waals surface area contributed by atoms with Crippen LogP contribution in [0.5, 0.6) is 0 Å². The molecule has 2 aromatic rings. The Balaban J connectivity index is 2.57. The summed E-state index contributed by atoms with van der Waals surface area (Å²) in [7, 11) is 1.33. The van der Waals surface area contributed by atoms with Crippen LogP contribution in [0.25, 0.3) is 11.1 Å². The highest BCUT2D eigenvalue weighted by Gasteiger charge is 2.17. The lowest BCUT2D eigenvalue weighted by atomic mass is 9.93. The Bertz CT molecular complexity index is 644. The third-order valence-electron chi connectivity index (χ3n) is 3.28. The first kappa shape index (κ1) is 14.9. The number of benzene rings is 2. The van der Waals surface area contributed by atoms with Crippen LogP contribution in [0.3, 0.4) is 0 Å². The van der Waals surface area contributed by atoms with Crippen molar-refractivity contribution < 1.29 is 19.4 Å². The summed E-state index contributed by atoms with van der Waals surface area (Å²) < 4.78 is 4.85. The molecule has 0 atom stereocenters. The van der Waals surface area contributed by atoms with Crippen LogP contribution in [0, 0.1) is 0 Å². The highest BCUT2D eigenvalue weighted by atomic mass is 16.5. The average Bonchev–Trinajstić information content (AvgIpc) is 2.54. The van der Waals surface area contributed by atoms with Gasteiger partial charge in [0.15, 0.2) is 0 Å². The molecule has 0 radical (unpaired) electrons. The summed E-state index contributed by atoms with van der Waals surface area (Å²) in [6, 6.07) is 12.4. The van der Waals surface area contributed by atoms with E-state index in [0.29, 0.717) is 17.5 Å². The van der Waals surface area contributed by atoms with Gasteiger partial charge < -0.3 is 9.84 Å². The van der Waals surface area contributed by atoms with Gasteiger partial charge in [-0.25, -0.2) is 4.79 Å². The van der Waals surface area contributed by atoms with E-state index in [1.54, 1.807) is 30.3 Å². The molecule has 0 aliphatic carbocycles. The maximum Gasteiger partial charge on any atom is 0.338 e. The monoisotopic (exact) mass is 284 g/mol. The Hall–Kier alpha value is -2.46. The minimum absolute atomic E-state index is 0.0441. The van der Waals surface area contributed by atoms with E-state index in [-0.39, 0.29) is 6.61 Å². The Morgan fingerprint density at radius 2 is 1.90 bits per heavy atom. The van der Waals surface area contributed by atoms with E-state index in [9.17, 15) is 9.59 Å². The van der Waals surface area contributed by atoms with Gasteiger partial charge in [-0.3, -0.25) is 4.79 Å². The number of hydrogen-bond donors (Lipinski definition) is 1. The van der Waals surface area contributed by atoms with E-state index < -0.39 is 5.97 Å². The van der Waals surface area contributed by atoms with Crippen molar-refractivity contribution in [1.82, 2.24) is 0 Å². The molecular formula is C17H16O4. The van der Waals surface area contributed by atoms with Crippen molar-refractivity contribution in [2.45, 2.75) is 6.42 Å². The first-order chi connectivity index (χ1) is 10.2. The predicted molar refractivity (Wildman–Crippen MR) is 79.4 cm³/mol. The fourth-order valence-electron chi connectivity index (χ4n) is 2.25. The predicted octanol–water partition coefficient (Wildman–Crippen LogP) is 2.49. The minimum Gasteiger partial charge on any atom is -0.465 e. The van der Waals surface area contributed by atoms with Crippen LogP contribution in [-0.2, 0) is 11.2 Å². The number of esters is 1. The second-order valence-corrected chi connectivity index (χ2v) is 4.54. The molecule has 1 N–H and O–H groups in total. The van der Waals surface area contributed by atoms with Gasteiger partial charge in [-0.05, 0) is 23.1 Å². The highest BCUT2D eigenvalue weighted by Crippen LogP contribution is 2.27. The van der Waals surface area contributed by atoms with Crippen LogP contribution in [0.4, 0.5) is 0 Å². The zero-order valence-corrected chi connectivity index (χ0v) is 11.7. The van der Waals surface area contributed by atoms with Gasteiger partial charge in [-0.1, -0.05) is 42.5 Å². The van der Waals surface area contributed by atoms with Crippen molar-refractivity contribution in [3.63, 3.8) is 0 Å². The number of aldehydes is 1. The molecule has 0 fully saturated rings. The van der Waals surface area contributed by atoms with E-state index in [2.05, 4.69) is 0 Å². The van der Waals surface area contributed by atoms with Crippen molar-refractivity contribution in [1.29, 1.82) is 0 Å². The van der Waals surface area contributed by atoms with Gasteiger partial charge in [0, 0.05) is 12.2 Å². The van der Waals surface area contributed by atoms with Crippen LogP contribution in [0.2, 0.25) is 0 Å². The Morgan fingerprint density at radius 3 is 2.48 bits per heavy atom. The molecule has 0 amide bonds. The summed E-state index contributed by atoms with van der Waals surface area (Å²) in [5.74, 6) is -0.437. The third-order valence-corrected chi connectivity index (χ3v) is 3.28. The fraction of sp³-hybridized carbons (Fsp3) is 0.176. The van der Waals surface area contributed by atoms with Gasteiger partial charge in [0.2, 0.25) is 0 Å². The molecule has 0 bridgehead atoms. The highest BCUT2D eigenvalue weighted by molar-refractivity contribution is 5.99. The van der Waals surface area contributed by atoms with Crippen molar-refractivity contribution in [3.05, 3.63) is 59.2 Å². The largest absolute Gasteiger partial charge is 0.465 e. The molecular weight excluding hydrogens is 268 g/mol. The molecule has 0 aliphatic heterocycles. The zero-order chi connectivity index (χ0) is 15.2. The Kier molecular flexibility index (Phi) is 4.85. The van der Waals surface area contributed by atoms with Crippen molar-refractivity contribution >= 4 is 12.3 Å². The molecule has 2 rings (SSSR count). The van der Waals surface area contributed by atoms with Gasteiger partial charge in [0.1, 0.15) is 6.29 Å². The summed E-state index contributed by atoms with van der Waals surface area (Å²) in [4.78, 5) is 22.8. The topological polar surface area (TPSA) is 63.6 Å². The quantitative estimate of drug-likeness (QED) is 0.677. The molecule has 0 aromatic heterocycles. The number of ether oxygens (including phenoxy) is 1. The molecule has 4 nitrogen and oxygen atoms in total. The summed E-state index contributed by atoms with van der Waals surface area (Å²) in [6.45, 7) is -0.0441. The molecule has 0 saturated heterocycles. The van der Waals surface area contributed by atoms with Gasteiger partial charge in [0.25, 0.3) is 0 Å². The van der Waals surface area contributed by atoms with Gasteiger partial charge in [0.05, 0.1) is 12.7 Å². The first-order valence-corrected chi connectivity index (χ1v) is 6.58. The second kappa shape index (κ2) is 6.81. The number of aliphatic hydroxyl groups is 1. The maximum absolute atomic E-state index is 12.1. The number of rotatable bonds is 5. The number of methoxy groups -OCH3 is 1. The summed E-state index contributed by atoms with van der Waals surface area (Å²) in [6.07, 6.45) is 1.15. The third kappa shape index (κ3) is 3.17. The second-order valence-electron chi connectivity index (χ2n) is 4.54. The van der Waals surface area contributed by atoms with Crippen LogP contribution in [0.1, 0.15) is 26.3 Å². The van der Waals surface area contributed by atoms with E-state index in [1.165, 1.54) is 7.11 Å². The number of hydrogen-bond acceptors (Lipinski definition) is 4. The van der Waals surface area contributed by atoms with Crippen LogP contribution in [0.15, 0.2) is 42.5 Å². The van der Waals surface area contributed by atoms with E-state index >= 15 is 0 Å². The molecule has 0 heterocycles. The van der Waals surface area contributed by atoms with Crippen LogP contribution in [-0.4, -0.2) is 31.1 Å². The van der Waals surface area contributed by atoms with E-state index in [4.69, 9.17) is 9.84 Å². The molecule has 108 valence electrons. The summed E-state index contributed by atoms with van der Waals surface area (Å²) in [5, 5.41) is 9.14. The summed E-state index contributed by atoms with van der Waals surface area (Å²) >= 11 is 0. The Morgan fingerprint density at radius 1 is 1.19 bits per heavy atom. The first-order valence-electron chi connectivity index (χ1n) is 6.58. The average molecular weight is 284 g/mol. The van der Waals surface area contributed by atoms with Gasteiger partial charge in [-0.2, -0.15) is 0 Å². The fourth-order valence-corrected chi connectivity index (χ4v) is 2.25. The minimum atomic E-state index is -0.437. The molecule has 0 unspecified atom stereocenters. The molecule has 0 saturated carbocycles. The van der Waals surface area contributed by atoms with Crippen LogP contribution >= 0.6 is 0 Å². The van der Waals surface area contributed by atoms with Crippen molar-refractivity contribution in [2.24, 2.45) is 0 Å². The number of carbonyl (C=O) groups excluding carboxylic acids is 2. The smallest absolute Gasteiger partial charge is 0.338 e. The van der Waals surface area contributed by atoms with E-state index in [1.807, 2.05) is 12.1 Å². The lowest BCUT2D eigenvalue weighted by Crippen LogP contribution is -2.09. The van der Waals surface area contributed by atoms with E-state index in [0.717, 1.165) is 23.0 Å². The zero-order valence-electron chi connectivity index (χ0n) is 11.7. The molecule has 4 heteroatoms. The summed E-state index contributed by atoms with van der Waals surface area (Å²) in [5.41, 5.74) is 3.31. The number of carbonyl (C=O) groups is 2. The number of aliphatic hydroxyl groups excluding tert-OH is 1. The lowest BCUT2D eigenvalue weighted by molar-refractivity contribution is 0.0600. The SMILES string of the molecule is COC(=O)c1c(CCO)cccc1-c1ccc(C=O)cc1. The van der Waals surface area contributed by atoms with Crippen LogP contribution < -0.4 is 0 Å². The van der Waals surface area contributed by atoms with Gasteiger partial charge >= 0.3 is 5.97 Å². The lowest BCUT2D eigenvalue weighted by Gasteiger charge is -2.13. The normalized spacial score (nSPS) is 10.2. The molecule has 0 spiro atoms. The standard InChI is InChI=1S/C17H16O4/c1-21-17(20)16-14(9-10-18)3-2-4-15(16)13-7-5-12(11-19)6-8-13/h2-8,11,18H,9-10H2,1H3. The molecule has 0 aliphatic rings. The maximum atomic E-state index is 12.1. The van der Waals surface area contributed by atoms with Crippen molar-refractivity contribution in [2.75, 3.05) is 13.7 Å². The molecule has 21 heavy (non-hydrogen) atoms. The van der Waals surface area contributed by atoms with Gasteiger partial charge in [-0.15, -0.1) is 0 Å².